The van der Waals surface area contributed by atoms with Gasteiger partial charge in [0.1, 0.15) is 12.5 Å². The third kappa shape index (κ3) is 5.08. The van der Waals surface area contributed by atoms with Gasteiger partial charge in [0.2, 0.25) is 5.82 Å². The summed E-state index contributed by atoms with van der Waals surface area (Å²) in [5.41, 5.74) is 1.72. The smallest absolute Gasteiger partial charge is 0.201 e. The first-order valence-electron chi connectivity index (χ1n) is 8.17. The number of unbranched alkanes of at least 4 members (excludes halogenated alkanes) is 1. The molecule has 1 nitrogen and oxygen atoms in total. The van der Waals surface area contributed by atoms with E-state index in [4.69, 9.17) is 4.74 Å². The van der Waals surface area contributed by atoms with Gasteiger partial charge in [0.05, 0.1) is 6.61 Å². The van der Waals surface area contributed by atoms with E-state index in [1.807, 2.05) is 12.1 Å². The summed E-state index contributed by atoms with van der Waals surface area (Å²) in [4.78, 5) is 0. The van der Waals surface area contributed by atoms with Gasteiger partial charge in [-0.3, -0.25) is 0 Å². The molecule has 0 saturated heterocycles. The van der Waals surface area contributed by atoms with Gasteiger partial charge in [-0.05, 0) is 49.4 Å². The first-order chi connectivity index (χ1) is 12.1. The van der Waals surface area contributed by atoms with Gasteiger partial charge in [-0.2, -0.15) is 4.39 Å². The number of alkyl halides is 1. The van der Waals surface area contributed by atoms with Gasteiger partial charge in [0, 0.05) is 5.56 Å². The number of hydrogen-bond acceptors (Lipinski definition) is 1. The highest BCUT2D eigenvalue weighted by Crippen LogP contribution is 2.30. The number of allylic oxidation sites excluding steroid dienone is 2. The maximum atomic E-state index is 14.2. The van der Waals surface area contributed by atoms with Crippen molar-refractivity contribution >= 4 is 0 Å². The lowest BCUT2D eigenvalue weighted by molar-refractivity contribution is 0.314. The summed E-state index contributed by atoms with van der Waals surface area (Å²) in [5, 5.41) is 0. The summed E-state index contributed by atoms with van der Waals surface area (Å²) in [6, 6.07) is 9.97. The van der Waals surface area contributed by atoms with Crippen LogP contribution in [0.2, 0.25) is 0 Å². The summed E-state index contributed by atoms with van der Waals surface area (Å²) in [6.45, 7) is 0.888. The SMILES string of the molecule is CCOc1ccc(-c2ccc(CCCC=C(F)CF)cc2)c(F)c1F. The first kappa shape index (κ1) is 19.0. The quantitative estimate of drug-likeness (QED) is 0.407. The fourth-order valence-corrected chi connectivity index (χ4v) is 2.49. The van der Waals surface area contributed by atoms with Crippen LogP contribution in [-0.4, -0.2) is 13.3 Å². The van der Waals surface area contributed by atoms with Crippen molar-refractivity contribution in [3.63, 3.8) is 0 Å². The zero-order valence-corrected chi connectivity index (χ0v) is 14.0. The second-order valence-corrected chi connectivity index (χ2v) is 5.55. The predicted molar refractivity (Wildman–Crippen MR) is 91.1 cm³/mol. The summed E-state index contributed by atoms with van der Waals surface area (Å²) < 4.78 is 57.8. The Morgan fingerprint density at radius 2 is 1.76 bits per heavy atom. The molecule has 0 unspecified atom stereocenters. The molecule has 2 rings (SSSR count). The molecule has 2 aromatic carbocycles. The largest absolute Gasteiger partial charge is 0.491 e. The monoisotopic (exact) mass is 352 g/mol. The Bertz CT molecular complexity index is 723. The molecule has 0 aliphatic carbocycles. The van der Waals surface area contributed by atoms with Crippen LogP contribution in [-0.2, 0) is 6.42 Å². The Hall–Kier alpha value is -2.30. The summed E-state index contributed by atoms with van der Waals surface area (Å²) >= 11 is 0. The standard InChI is InChI=1S/C20H20F4O/c1-2-25-18-12-11-17(19(23)20(18)24)15-9-7-14(8-10-15)5-3-4-6-16(22)13-21/h6-12H,2-5,13H2,1H3. The van der Waals surface area contributed by atoms with Crippen LogP contribution in [0.1, 0.15) is 25.3 Å². The molecule has 0 aliphatic heterocycles. The zero-order valence-electron chi connectivity index (χ0n) is 14.0. The van der Waals surface area contributed by atoms with E-state index in [2.05, 4.69) is 0 Å². The molecule has 0 bridgehead atoms. The number of rotatable bonds is 8. The van der Waals surface area contributed by atoms with E-state index in [0.29, 0.717) is 24.8 Å². The second kappa shape index (κ2) is 9.25. The van der Waals surface area contributed by atoms with Crippen molar-refractivity contribution < 1.29 is 22.3 Å². The highest BCUT2D eigenvalue weighted by atomic mass is 19.2. The maximum absolute atomic E-state index is 14.2. The normalized spacial score (nSPS) is 11.6. The number of halogens is 4. The fourth-order valence-electron chi connectivity index (χ4n) is 2.49. The van der Waals surface area contributed by atoms with Gasteiger partial charge in [-0.1, -0.05) is 30.3 Å². The molecule has 0 atom stereocenters. The molecule has 0 spiro atoms. The van der Waals surface area contributed by atoms with Crippen LogP contribution in [0.15, 0.2) is 48.3 Å². The minimum Gasteiger partial charge on any atom is -0.491 e. The number of ether oxygens (including phenoxy) is 1. The lowest BCUT2D eigenvalue weighted by atomic mass is 10.0. The van der Waals surface area contributed by atoms with Crippen molar-refractivity contribution in [2.75, 3.05) is 13.3 Å². The zero-order chi connectivity index (χ0) is 18.2. The van der Waals surface area contributed by atoms with E-state index in [9.17, 15) is 17.6 Å². The summed E-state index contributed by atoms with van der Waals surface area (Å²) in [5.74, 6) is -2.78. The van der Waals surface area contributed by atoms with E-state index in [-0.39, 0.29) is 17.9 Å². The molecule has 25 heavy (non-hydrogen) atoms. The van der Waals surface area contributed by atoms with E-state index in [1.54, 1.807) is 19.1 Å². The molecule has 0 amide bonds. The van der Waals surface area contributed by atoms with E-state index in [0.717, 1.165) is 5.56 Å². The summed E-state index contributed by atoms with van der Waals surface area (Å²) in [7, 11) is 0. The Morgan fingerprint density at radius 1 is 1.04 bits per heavy atom. The molecule has 2 aromatic rings. The molecule has 0 aliphatic rings. The van der Waals surface area contributed by atoms with Crippen LogP contribution in [0.3, 0.4) is 0 Å². The van der Waals surface area contributed by atoms with Crippen LogP contribution in [0.4, 0.5) is 17.6 Å². The lowest BCUT2D eigenvalue weighted by Crippen LogP contribution is -1.98. The second-order valence-electron chi connectivity index (χ2n) is 5.55. The Balaban J connectivity index is 2.06. The molecule has 0 N–H and O–H groups in total. The van der Waals surface area contributed by atoms with Crippen molar-refractivity contribution in [2.45, 2.75) is 26.2 Å². The van der Waals surface area contributed by atoms with Crippen molar-refractivity contribution in [1.82, 2.24) is 0 Å². The highest BCUT2D eigenvalue weighted by Gasteiger charge is 2.15. The minimum absolute atomic E-state index is 0.103. The van der Waals surface area contributed by atoms with E-state index in [1.165, 1.54) is 18.2 Å². The van der Waals surface area contributed by atoms with Gasteiger partial charge in [-0.15, -0.1) is 0 Å². The molecule has 5 heteroatoms. The van der Waals surface area contributed by atoms with Crippen molar-refractivity contribution in [2.24, 2.45) is 0 Å². The van der Waals surface area contributed by atoms with Gasteiger partial charge in [0.25, 0.3) is 0 Å². The molecular formula is C20H20F4O. The van der Waals surface area contributed by atoms with Crippen molar-refractivity contribution in [3.05, 3.63) is 65.5 Å². The first-order valence-corrected chi connectivity index (χ1v) is 8.17. The fraction of sp³-hybridized carbons (Fsp3) is 0.300. The molecule has 0 aromatic heterocycles. The van der Waals surface area contributed by atoms with Gasteiger partial charge in [0.15, 0.2) is 11.6 Å². The van der Waals surface area contributed by atoms with Gasteiger partial charge in [-0.25, -0.2) is 13.2 Å². The van der Waals surface area contributed by atoms with E-state index >= 15 is 0 Å². The van der Waals surface area contributed by atoms with Gasteiger partial charge >= 0.3 is 0 Å². The van der Waals surface area contributed by atoms with Crippen LogP contribution < -0.4 is 4.74 Å². The maximum Gasteiger partial charge on any atom is 0.201 e. The Kier molecular flexibility index (Phi) is 7.04. The molecule has 0 radical (unpaired) electrons. The predicted octanol–water partition coefficient (Wildman–Crippen LogP) is 6.18. The Labute approximate surface area is 144 Å². The van der Waals surface area contributed by atoms with Crippen LogP contribution in [0.25, 0.3) is 11.1 Å². The summed E-state index contributed by atoms with van der Waals surface area (Å²) in [6.07, 6.45) is 3.07. The average Bonchev–Trinajstić information content (AvgIpc) is 2.63. The molecule has 0 heterocycles. The van der Waals surface area contributed by atoms with Crippen molar-refractivity contribution in [1.29, 1.82) is 0 Å². The van der Waals surface area contributed by atoms with Crippen LogP contribution in [0.5, 0.6) is 5.75 Å². The molecule has 0 saturated carbocycles. The van der Waals surface area contributed by atoms with Crippen LogP contribution in [0, 0.1) is 11.6 Å². The van der Waals surface area contributed by atoms with Crippen LogP contribution >= 0.6 is 0 Å². The molecule has 0 fully saturated rings. The number of benzene rings is 2. The van der Waals surface area contributed by atoms with E-state index < -0.39 is 24.1 Å². The number of aryl methyl sites for hydroxylation is 1. The molecule has 134 valence electrons. The molecular weight excluding hydrogens is 332 g/mol. The third-order valence-corrected chi connectivity index (χ3v) is 3.77. The lowest BCUT2D eigenvalue weighted by Gasteiger charge is -2.10. The minimum atomic E-state index is -1.07. The average molecular weight is 352 g/mol. The highest BCUT2D eigenvalue weighted by molar-refractivity contribution is 5.65. The third-order valence-electron chi connectivity index (χ3n) is 3.77. The van der Waals surface area contributed by atoms with Gasteiger partial charge < -0.3 is 4.74 Å². The Morgan fingerprint density at radius 3 is 2.40 bits per heavy atom. The van der Waals surface area contributed by atoms with Crippen molar-refractivity contribution in [3.8, 4) is 16.9 Å². The topological polar surface area (TPSA) is 9.23 Å². The number of hydrogen-bond donors (Lipinski definition) is 0.